The third-order valence-corrected chi connectivity index (χ3v) is 3.11. The number of aromatic nitrogens is 2. The van der Waals surface area contributed by atoms with E-state index in [0.717, 1.165) is 5.56 Å². The van der Waals surface area contributed by atoms with Crippen LogP contribution in [0.15, 0.2) is 53.6 Å². The molecule has 0 bridgehead atoms. The van der Waals surface area contributed by atoms with Crippen LogP contribution in [0.25, 0.3) is 10.9 Å². The third kappa shape index (κ3) is 2.21. The van der Waals surface area contributed by atoms with Crippen molar-refractivity contribution in [2.75, 3.05) is 5.73 Å². The number of phenolic OH excluding ortho intramolecular Hbond substituents is 1. The summed E-state index contributed by atoms with van der Waals surface area (Å²) >= 11 is 0. The van der Waals surface area contributed by atoms with Crippen LogP contribution in [0.1, 0.15) is 5.56 Å². The van der Waals surface area contributed by atoms with Gasteiger partial charge in [-0.25, -0.2) is 4.98 Å². The van der Waals surface area contributed by atoms with E-state index >= 15 is 0 Å². The van der Waals surface area contributed by atoms with Crippen molar-refractivity contribution in [3.05, 3.63) is 64.7 Å². The zero-order valence-electron chi connectivity index (χ0n) is 10.7. The summed E-state index contributed by atoms with van der Waals surface area (Å²) in [6.45, 7) is 0.352. The minimum atomic E-state index is -0.148. The second kappa shape index (κ2) is 4.70. The van der Waals surface area contributed by atoms with Gasteiger partial charge in [0.15, 0.2) is 0 Å². The largest absolute Gasteiger partial charge is 0.508 e. The Bertz CT molecular complexity index is 840. The number of nitrogens with zero attached hydrogens (tertiary/aromatic N) is 2. The topological polar surface area (TPSA) is 81.1 Å². The fraction of sp³-hybridized carbons (Fsp3) is 0.0667. The highest BCUT2D eigenvalue weighted by Gasteiger charge is 2.05. The summed E-state index contributed by atoms with van der Waals surface area (Å²) in [5.41, 5.74) is 7.54. The minimum absolute atomic E-state index is 0.148. The molecule has 0 saturated carbocycles. The fourth-order valence-electron chi connectivity index (χ4n) is 2.14. The summed E-state index contributed by atoms with van der Waals surface area (Å²) in [6.07, 6.45) is 1.50. The van der Waals surface area contributed by atoms with Gasteiger partial charge in [0.1, 0.15) is 5.75 Å². The van der Waals surface area contributed by atoms with Crippen molar-refractivity contribution in [3.8, 4) is 5.75 Å². The van der Waals surface area contributed by atoms with Crippen molar-refractivity contribution in [1.29, 1.82) is 0 Å². The van der Waals surface area contributed by atoms with Gasteiger partial charge in [-0.3, -0.25) is 9.36 Å². The average Bonchev–Trinajstić information content (AvgIpc) is 2.43. The molecule has 3 rings (SSSR count). The van der Waals surface area contributed by atoms with Crippen LogP contribution in [0.5, 0.6) is 5.75 Å². The molecular weight excluding hydrogens is 254 g/mol. The Kier molecular flexibility index (Phi) is 2.87. The quantitative estimate of drug-likeness (QED) is 0.693. The molecule has 5 nitrogen and oxygen atoms in total. The number of nitrogens with two attached hydrogens (primary N) is 1. The molecule has 0 amide bonds. The Balaban J connectivity index is 2.08. The Hall–Kier alpha value is -2.82. The molecule has 0 saturated heterocycles. The van der Waals surface area contributed by atoms with Crippen LogP contribution in [0, 0.1) is 0 Å². The number of nitrogen functional groups attached to an aromatic ring is 1. The van der Waals surface area contributed by atoms with E-state index in [1.807, 2.05) is 6.07 Å². The highest BCUT2D eigenvalue weighted by Crippen LogP contribution is 2.13. The zero-order valence-corrected chi connectivity index (χ0v) is 10.7. The van der Waals surface area contributed by atoms with Gasteiger partial charge in [-0.15, -0.1) is 0 Å². The van der Waals surface area contributed by atoms with Crippen molar-refractivity contribution < 1.29 is 5.11 Å². The number of hydrogen-bond donors (Lipinski definition) is 2. The summed E-state index contributed by atoms with van der Waals surface area (Å²) in [6, 6.07) is 11.9. The van der Waals surface area contributed by atoms with E-state index in [1.54, 1.807) is 36.4 Å². The van der Waals surface area contributed by atoms with Crippen molar-refractivity contribution in [2.45, 2.75) is 6.54 Å². The number of phenols is 1. The molecule has 20 heavy (non-hydrogen) atoms. The van der Waals surface area contributed by atoms with E-state index < -0.39 is 0 Å². The molecule has 0 radical (unpaired) electrons. The molecule has 5 heteroatoms. The Labute approximate surface area is 114 Å². The van der Waals surface area contributed by atoms with Gasteiger partial charge in [0.25, 0.3) is 5.56 Å². The van der Waals surface area contributed by atoms with E-state index in [-0.39, 0.29) is 11.3 Å². The zero-order chi connectivity index (χ0) is 14.1. The Morgan fingerprint density at radius 3 is 2.85 bits per heavy atom. The lowest BCUT2D eigenvalue weighted by Crippen LogP contribution is -2.21. The lowest BCUT2D eigenvalue weighted by Gasteiger charge is -2.07. The highest BCUT2D eigenvalue weighted by molar-refractivity contribution is 5.80. The molecule has 0 aliphatic rings. The molecule has 0 aliphatic heterocycles. The van der Waals surface area contributed by atoms with Crippen LogP contribution in [-0.2, 0) is 6.54 Å². The second-order valence-electron chi connectivity index (χ2n) is 4.62. The number of hydrogen-bond acceptors (Lipinski definition) is 4. The molecule has 0 spiro atoms. The van der Waals surface area contributed by atoms with Gasteiger partial charge in [0.2, 0.25) is 0 Å². The normalized spacial score (nSPS) is 10.8. The highest BCUT2D eigenvalue weighted by atomic mass is 16.3. The van der Waals surface area contributed by atoms with Gasteiger partial charge in [-0.2, -0.15) is 0 Å². The molecule has 100 valence electrons. The molecule has 1 aromatic heterocycles. The Morgan fingerprint density at radius 1 is 1.20 bits per heavy atom. The van der Waals surface area contributed by atoms with Crippen LogP contribution in [-0.4, -0.2) is 14.7 Å². The summed E-state index contributed by atoms with van der Waals surface area (Å²) < 4.78 is 1.50. The molecular formula is C15H13N3O2. The molecule has 0 aliphatic carbocycles. The number of rotatable bonds is 2. The minimum Gasteiger partial charge on any atom is -0.508 e. The first kappa shape index (κ1) is 12.2. The van der Waals surface area contributed by atoms with Gasteiger partial charge >= 0.3 is 0 Å². The smallest absolute Gasteiger partial charge is 0.261 e. The first-order valence-electron chi connectivity index (χ1n) is 6.16. The number of fused-ring (bicyclic) bond motifs is 1. The van der Waals surface area contributed by atoms with Crippen LogP contribution in [0.2, 0.25) is 0 Å². The fourth-order valence-corrected chi connectivity index (χ4v) is 2.14. The Morgan fingerprint density at radius 2 is 2.05 bits per heavy atom. The van der Waals surface area contributed by atoms with Crippen LogP contribution < -0.4 is 11.3 Å². The molecule has 3 aromatic rings. The lowest BCUT2D eigenvalue weighted by molar-refractivity contribution is 0.474. The molecule has 3 N–H and O–H groups in total. The van der Waals surface area contributed by atoms with E-state index in [1.165, 1.54) is 10.9 Å². The molecule has 1 heterocycles. The van der Waals surface area contributed by atoms with Gasteiger partial charge in [0.05, 0.1) is 23.8 Å². The van der Waals surface area contributed by atoms with Crippen molar-refractivity contribution in [3.63, 3.8) is 0 Å². The number of aromatic hydroxyl groups is 1. The summed E-state index contributed by atoms with van der Waals surface area (Å²) in [5.74, 6) is 0.175. The molecule has 0 fully saturated rings. The predicted octanol–water partition coefficient (Wildman–Crippen LogP) is 1.73. The molecule has 0 atom stereocenters. The lowest BCUT2D eigenvalue weighted by atomic mass is 10.2. The van der Waals surface area contributed by atoms with Crippen molar-refractivity contribution in [2.24, 2.45) is 0 Å². The van der Waals surface area contributed by atoms with Crippen LogP contribution >= 0.6 is 0 Å². The van der Waals surface area contributed by atoms with Crippen molar-refractivity contribution in [1.82, 2.24) is 9.55 Å². The third-order valence-electron chi connectivity index (χ3n) is 3.11. The van der Waals surface area contributed by atoms with Gasteiger partial charge in [-0.05, 0) is 35.9 Å². The maximum absolute atomic E-state index is 12.4. The first-order chi connectivity index (χ1) is 9.63. The SMILES string of the molecule is Nc1ccc2ncn(Cc3cccc(O)c3)c(=O)c2c1. The molecule has 0 unspecified atom stereocenters. The van der Waals surface area contributed by atoms with E-state index in [2.05, 4.69) is 4.98 Å². The first-order valence-corrected chi connectivity index (χ1v) is 6.16. The van der Waals surface area contributed by atoms with Crippen LogP contribution in [0.3, 0.4) is 0 Å². The van der Waals surface area contributed by atoms with Crippen LogP contribution in [0.4, 0.5) is 5.69 Å². The van der Waals surface area contributed by atoms with E-state index in [9.17, 15) is 9.90 Å². The predicted molar refractivity (Wildman–Crippen MR) is 77.6 cm³/mol. The second-order valence-corrected chi connectivity index (χ2v) is 4.62. The maximum atomic E-state index is 12.4. The monoisotopic (exact) mass is 267 g/mol. The standard InChI is InChI=1S/C15H13N3O2/c16-11-4-5-14-13(7-11)15(20)18(9-17-14)8-10-2-1-3-12(19)6-10/h1-7,9,19H,8,16H2. The summed E-state index contributed by atoms with van der Waals surface area (Å²) in [4.78, 5) is 16.6. The van der Waals surface area contributed by atoms with Gasteiger partial charge in [-0.1, -0.05) is 12.1 Å². The van der Waals surface area contributed by atoms with Gasteiger partial charge in [0, 0.05) is 5.69 Å². The van der Waals surface area contributed by atoms with Gasteiger partial charge < -0.3 is 10.8 Å². The van der Waals surface area contributed by atoms with Crippen molar-refractivity contribution >= 4 is 16.6 Å². The van der Waals surface area contributed by atoms with E-state index in [4.69, 9.17) is 5.73 Å². The van der Waals surface area contributed by atoms with E-state index in [0.29, 0.717) is 23.1 Å². The maximum Gasteiger partial charge on any atom is 0.261 e. The number of benzene rings is 2. The average molecular weight is 267 g/mol. The summed E-state index contributed by atoms with van der Waals surface area (Å²) in [7, 11) is 0. The summed E-state index contributed by atoms with van der Waals surface area (Å²) in [5, 5.41) is 9.94. The number of anilines is 1. The molecule has 2 aromatic carbocycles.